The number of nitrogens with zero attached hydrogens (tertiary/aromatic N) is 1. The molecular weight excluding hydrogens is 214 g/mol. The first-order chi connectivity index (χ1) is 6.79. The van der Waals surface area contributed by atoms with Crippen molar-refractivity contribution in [3.8, 4) is 0 Å². The monoisotopic (exact) mass is 229 g/mol. The molecule has 0 spiro atoms. The van der Waals surface area contributed by atoms with E-state index in [1.807, 2.05) is 0 Å². The molecule has 0 aliphatic heterocycles. The minimum Gasteiger partial charge on any atom is -0.245 e. The molecule has 78 valence electrons. The van der Waals surface area contributed by atoms with E-state index in [-0.39, 0.29) is 0 Å². The van der Waals surface area contributed by atoms with Crippen molar-refractivity contribution in [2.45, 2.75) is 44.4 Å². The summed E-state index contributed by atoms with van der Waals surface area (Å²) in [4.78, 5) is 4.57. The molecular formula is C11H16ClNS. The summed E-state index contributed by atoms with van der Waals surface area (Å²) in [5.74, 6) is 2.14. The van der Waals surface area contributed by atoms with Gasteiger partial charge in [-0.1, -0.05) is 19.8 Å². The smallest absolute Gasteiger partial charge is 0.0959 e. The summed E-state index contributed by atoms with van der Waals surface area (Å²) in [6.07, 6.45) is 5.39. The fourth-order valence-corrected chi connectivity index (χ4v) is 3.43. The summed E-state index contributed by atoms with van der Waals surface area (Å²) >= 11 is 7.54. The molecule has 1 heterocycles. The maximum Gasteiger partial charge on any atom is 0.0959 e. The maximum absolute atomic E-state index is 5.75. The van der Waals surface area contributed by atoms with Crippen molar-refractivity contribution in [1.29, 1.82) is 0 Å². The third-order valence-electron chi connectivity index (χ3n) is 2.99. The zero-order valence-corrected chi connectivity index (χ0v) is 10.1. The standard InChI is InChI=1S/C11H16ClNS/c1-8-3-2-4-9(5-8)11-13-10(6-12)7-14-11/h7-9H,2-6H2,1H3. The van der Waals surface area contributed by atoms with Crippen LogP contribution in [0.15, 0.2) is 5.38 Å². The fraction of sp³-hybridized carbons (Fsp3) is 0.727. The second-order valence-electron chi connectivity index (χ2n) is 4.28. The first kappa shape index (κ1) is 10.4. The van der Waals surface area contributed by atoms with Crippen LogP contribution in [0.2, 0.25) is 0 Å². The topological polar surface area (TPSA) is 12.9 Å². The highest BCUT2D eigenvalue weighted by Crippen LogP contribution is 2.37. The van der Waals surface area contributed by atoms with E-state index in [4.69, 9.17) is 11.6 Å². The van der Waals surface area contributed by atoms with Crippen molar-refractivity contribution in [1.82, 2.24) is 4.98 Å². The molecule has 0 amide bonds. The Kier molecular flexibility index (Phi) is 3.45. The zero-order valence-electron chi connectivity index (χ0n) is 8.50. The van der Waals surface area contributed by atoms with Crippen molar-refractivity contribution < 1.29 is 0 Å². The highest BCUT2D eigenvalue weighted by atomic mass is 35.5. The molecule has 2 rings (SSSR count). The Hall–Kier alpha value is -0.0800. The van der Waals surface area contributed by atoms with Crippen molar-refractivity contribution >= 4 is 22.9 Å². The van der Waals surface area contributed by atoms with E-state index in [2.05, 4.69) is 17.3 Å². The van der Waals surface area contributed by atoms with Gasteiger partial charge < -0.3 is 0 Å². The van der Waals surface area contributed by atoms with E-state index in [1.165, 1.54) is 30.7 Å². The van der Waals surface area contributed by atoms with Crippen LogP contribution < -0.4 is 0 Å². The Morgan fingerprint density at radius 2 is 2.43 bits per heavy atom. The SMILES string of the molecule is CC1CCCC(c2nc(CCl)cs2)C1. The Labute approximate surface area is 94.5 Å². The number of alkyl halides is 1. The summed E-state index contributed by atoms with van der Waals surface area (Å²) in [6, 6.07) is 0. The third kappa shape index (κ3) is 2.29. The minimum atomic E-state index is 0.554. The predicted octanol–water partition coefficient (Wildman–Crippen LogP) is 4.18. The normalized spacial score (nSPS) is 27.9. The summed E-state index contributed by atoms with van der Waals surface area (Å²) in [7, 11) is 0. The lowest BCUT2D eigenvalue weighted by molar-refractivity contribution is 0.343. The van der Waals surface area contributed by atoms with Gasteiger partial charge in [0.25, 0.3) is 0 Å². The van der Waals surface area contributed by atoms with Crippen molar-refractivity contribution in [3.05, 3.63) is 16.1 Å². The molecule has 1 aliphatic carbocycles. The predicted molar refractivity (Wildman–Crippen MR) is 62.0 cm³/mol. The molecule has 1 saturated carbocycles. The van der Waals surface area contributed by atoms with Crippen LogP contribution in [0.4, 0.5) is 0 Å². The highest BCUT2D eigenvalue weighted by molar-refractivity contribution is 7.09. The van der Waals surface area contributed by atoms with Gasteiger partial charge in [0.2, 0.25) is 0 Å². The summed E-state index contributed by atoms with van der Waals surface area (Å²) < 4.78 is 0. The second-order valence-corrected chi connectivity index (χ2v) is 5.44. The Morgan fingerprint density at radius 3 is 3.07 bits per heavy atom. The van der Waals surface area contributed by atoms with Gasteiger partial charge in [-0.15, -0.1) is 22.9 Å². The van der Waals surface area contributed by atoms with Crippen molar-refractivity contribution in [2.75, 3.05) is 0 Å². The van der Waals surface area contributed by atoms with E-state index in [0.717, 1.165) is 11.6 Å². The van der Waals surface area contributed by atoms with E-state index in [9.17, 15) is 0 Å². The first-order valence-corrected chi connectivity index (χ1v) is 6.71. The quantitative estimate of drug-likeness (QED) is 0.694. The first-order valence-electron chi connectivity index (χ1n) is 5.30. The minimum absolute atomic E-state index is 0.554. The highest BCUT2D eigenvalue weighted by Gasteiger charge is 2.22. The van der Waals surface area contributed by atoms with Gasteiger partial charge in [-0.2, -0.15) is 0 Å². The fourth-order valence-electron chi connectivity index (χ4n) is 2.23. The summed E-state index contributed by atoms with van der Waals surface area (Å²) in [6.45, 7) is 2.35. The third-order valence-corrected chi connectivity index (χ3v) is 4.32. The molecule has 2 unspecified atom stereocenters. The molecule has 3 heteroatoms. The number of aromatic nitrogens is 1. The lowest BCUT2D eigenvalue weighted by atomic mass is 9.83. The molecule has 0 radical (unpaired) electrons. The molecule has 1 aromatic heterocycles. The van der Waals surface area contributed by atoms with Crippen molar-refractivity contribution in [2.24, 2.45) is 5.92 Å². The van der Waals surface area contributed by atoms with Crippen LogP contribution in [0.25, 0.3) is 0 Å². The Balaban J connectivity index is 2.06. The van der Waals surface area contributed by atoms with E-state index >= 15 is 0 Å². The van der Waals surface area contributed by atoms with Gasteiger partial charge in [-0.25, -0.2) is 4.98 Å². The number of hydrogen-bond acceptors (Lipinski definition) is 2. The van der Waals surface area contributed by atoms with Gasteiger partial charge in [0.05, 0.1) is 16.6 Å². The molecule has 1 nitrogen and oxygen atoms in total. The molecule has 0 bridgehead atoms. The van der Waals surface area contributed by atoms with Gasteiger partial charge in [-0.05, 0) is 18.8 Å². The van der Waals surface area contributed by atoms with Crippen LogP contribution in [0.5, 0.6) is 0 Å². The summed E-state index contributed by atoms with van der Waals surface area (Å²) in [5, 5.41) is 3.41. The number of rotatable bonds is 2. The summed E-state index contributed by atoms with van der Waals surface area (Å²) in [5.41, 5.74) is 1.05. The van der Waals surface area contributed by atoms with Crippen LogP contribution in [-0.2, 0) is 5.88 Å². The Bertz CT molecular complexity index is 297. The number of hydrogen-bond donors (Lipinski definition) is 0. The van der Waals surface area contributed by atoms with Gasteiger partial charge in [-0.3, -0.25) is 0 Å². The molecule has 1 fully saturated rings. The van der Waals surface area contributed by atoms with Gasteiger partial charge in [0.15, 0.2) is 0 Å². The van der Waals surface area contributed by atoms with Crippen LogP contribution >= 0.6 is 22.9 Å². The van der Waals surface area contributed by atoms with Crippen LogP contribution in [0, 0.1) is 5.92 Å². The molecule has 0 saturated heterocycles. The average Bonchev–Trinajstić information content (AvgIpc) is 2.66. The molecule has 1 aromatic rings. The number of halogens is 1. The van der Waals surface area contributed by atoms with Gasteiger partial charge >= 0.3 is 0 Å². The Morgan fingerprint density at radius 1 is 1.57 bits per heavy atom. The molecule has 1 aliphatic rings. The van der Waals surface area contributed by atoms with Gasteiger partial charge in [0.1, 0.15) is 0 Å². The largest absolute Gasteiger partial charge is 0.245 e. The maximum atomic E-state index is 5.75. The molecule has 0 N–H and O–H groups in total. The van der Waals surface area contributed by atoms with Crippen LogP contribution in [0.3, 0.4) is 0 Å². The zero-order chi connectivity index (χ0) is 9.97. The van der Waals surface area contributed by atoms with E-state index < -0.39 is 0 Å². The lowest BCUT2D eigenvalue weighted by Gasteiger charge is -2.24. The van der Waals surface area contributed by atoms with E-state index in [1.54, 1.807) is 11.3 Å². The molecule has 14 heavy (non-hydrogen) atoms. The van der Waals surface area contributed by atoms with Crippen molar-refractivity contribution in [3.63, 3.8) is 0 Å². The van der Waals surface area contributed by atoms with Gasteiger partial charge in [0, 0.05) is 11.3 Å². The molecule has 0 aromatic carbocycles. The second kappa shape index (κ2) is 4.63. The van der Waals surface area contributed by atoms with Crippen LogP contribution in [-0.4, -0.2) is 4.98 Å². The average molecular weight is 230 g/mol. The molecule has 2 atom stereocenters. The van der Waals surface area contributed by atoms with E-state index in [0.29, 0.717) is 11.8 Å². The van der Waals surface area contributed by atoms with Crippen LogP contribution in [0.1, 0.15) is 49.2 Å². The number of thiazole rings is 1. The lowest BCUT2D eigenvalue weighted by Crippen LogP contribution is -2.11.